The molecule has 0 bridgehead atoms. The summed E-state index contributed by atoms with van der Waals surface area (Å²) in [5.41, 5.74) is 0. The van der Waals surface area contributed by atoms with Crippen molar-refractivity contribution < 1.29 is 13.5 Å². The summed E-state index contributed by atoms with van der Waals surface area (Å²) in [5.74, 6) is 0.227. The molecule has 0 fully saturated rings. The fourth-order valence-electron chi connectivity index (χ4n) is 1.90. The van der Waals surface area contributed by atoms with E-state index in [-0.39, 0.29) is 18.2 Å². The van der Waals surface area contributed by atoms with E-state index in [4.69, 9.17) is 0 Å². The van der Waals surface area contributed by atoms with Gasteiger partial charge in [0.05, 0.1) is 5.75 Å². The second kappa shape index (κ2) is 7.02. The Morgan fingerprint density at radius 1 is 1.24 bits per heavy atom. The van der Waals surface area contributed by atoms with Crippen LogP contribution in [-0.4, -0.2) is 19.3 Å². The van der Waals surface area contributed by atoms with E-state index in [0.29, 0.717) is 0 Å². The lowest BCUT2D eigenvalue weighted by Crippen LogP contribution is -2.27. The van der Waals surface area contributed by atoms with Crippen LogP contribution in [0.3, 0.4) is 0 Å². The highest BCUT2D eigenvalue weighted by molar-refractivity contribution is 7.89. The average molecular weight is 346 g/mol. The Bertz CT molecular complexity index is 659. The van der Waals surface area contributed by atoms with Crippen molar-refractivity contribution in [3.05, 3.63) is 44.3 Å². The van der Waals surface area contributed by atoms with Crippen LogP contribution in [-0.2, 0) is 16.6 Å². The number of hydrogen-bond acceptors (Lipinski definition) is 5. The van der Waals surface area contributed by atoms with Gasteiger partial charge in [-0.2, -0.15) is 0 Å². The average Bonchev–Trinajstić information content (AvgIpc) is 3.06. The molecule has 0 radical (unpaired) electrons. The molecule has 21 heavy (non-hydrogen) atoms. The van der Waals surface area contributed by atoms with E-state index < -0.39 is 16.1 Å². The molecule has 0 aromatic carbocycles. The highest BCUT2D eigenvalue weighted by Crippen LogP contribution is 2.30. The fraction of sp³-hybridized carbons (Fsp3) is 0.429. The van der Waals surface area contributed by atoms with Crippen LogP contribution in [0.1, 0.15) is 34.6 Å². The quantitative estimate of drug-likeness (QED) is 0.811. The van der Waals surface area contributed by atoms with Crippen LogP contribution >= 0.6 is 22.7 Å². The lowest BCUT2D eigenvalue weighted by molar-refractivity contribution is 0.228. The van der Waals surface area contributed by atoms with Gasteiger partial charge >= 0.3 is 0 Å². The summed E-state index contributed by atoms with van der Waals surface area (Å²) < 4.78 is 26.2. The summed E-state index contributed by atoms with van der Waals surface area (Å²) in [6.45, 7) is 4.02. The normalized spacial score (nSPS) is 13.7. The molecular weight excluding hydrogens is 326 g/mol. The molecule has 2 N–H and O–H groups in total. The van der Waals surface area contributed by atoms with E-state index in [9.17, 15) is 13.5 Å². The molecule has 7 heteroatoms. The summed E-state index contributed by atoms with van der Waals surface area (Å²) in [7, 11) is -3.24. The van der Waals surface area contributed by atoms with Gasteiger partial charge in [0.25, 0.3) is 0 Å². The van der Waals surface area contributed by atoms with E-state index in [1.54, 1.807) is 0 Å². The van der Waals surface area contributed by atoms with Crippen LogP contribution in [0.5, 0.6) is 0 Å². The Hall–Kier alpha value is -0.730. The van der Waals surface area contributed by atoms with Gasteiger partial charge in [0.2, 0.25) is 10.0 Å². The van der Waals surface area contributed by atoms with Crippen molar-refractivity contribution in [3.63, 3.8) is 0 Å². The van der Waals surface area contributed by atoms with Crippen LogP contribution in [0.25, 0.3) is 0 Å². The number of nitrogens with one attached hydrogen (secondary N) is 1. The van der Waals surface area contributed by atoms with E-state index in [1.165, 1.54) is 22.7 Å². The summed E-state index contributed by atoms with van der Waals surface area (Å²) in [4.78, 5) is 2.62. The number of aliphatic hydroxyl groups excluding tert-OH is 1. The molecule has 4 nitrogen and oxygen atoms in total. The van der Waals surface area contributed by atoms with Crippen molar-refractivity contribution in [1.29, 1.82) is 0 Å². The van der Waals surface area contributed by atoms with Crippen LogP contribution in [0.2, 0.25) is 0 Å². The predicted octanol–water partition coefficient (Wildman–Crippen LogP) is 2.97. The van der Waals surface area contributed by atoms with Gasteiger partial charge in [-0.05, 0) is 29.5 Å². The third-order valence-electron chi connectivity index (χ3n) is 2.78. The molecule has 1 atom stereocenters. The van der Waals surface area contributed by atoms with Crippen LogP contribution in [0.4, 0.5) is 0 Å². The molecule has 2 heterocycles. The van der Waals surface area contributed by atoms with E-state index in [2.05, 4.69) is 4.72 Å². The predicted molar refractivity (Wildman–Crippen MR) is 88.2 cm³/mol. The van der Waals surface area contributed by atoms with Gasteiger partial charge in [0.1, 0.15) is 6.10 Å². The zero-order chi connectivity index (χ0) is 15.5. The Labute approximate surface area is 133 Å². The third kappa shape index (κ3) is 4.89. The first-order valence-corrected chi connectivity index (χ1v) is 9.99. The van der Waals surface area contributed by atoms with E-state index in [0.717, 1.165) is 14.6 Å². The molecule has 0 amide bonds. The molecule has 0 spiro atoms. The van der Waals surface area contributed by atoms with Crippen LogP contribution < -0.4 is 4.72 Å². The largest absolute Gasteiger partial charge is 0.382 e. The first kappa shape index (κ1) is 16.6. The number of hydrogen-bond donors (Lipinski definition) is 2. The van der Waals surface area contributed by atoms with Gasteiger partial charge in [-0.25, -0.2) is 13.1 Å². The summed E-state index contributed by atoms with van der Waals surface area (Å²) >= 11 is 2.93. The van der Waals surface area contributed by atoms with Gasteiger partial charge in [-0.3, -0.25) is 0 Å². The lowest BCUT2D eigenvalue weighted by Gasteiger charge is -2.08. The van der Waals surface area contributed by atoms with Gasteiger partial charge in [-0.1, -0.05) is 19.9 Å². The number of rotatable bonds is 7. The second-order valence-corrected chi connectivity index (χ2v) is 9.25. The maximum atomic E-state index is 11.8. The molecule has 0 aliphatic heterocycles. The second-order valence-electron chi connectivity index (χ2n) is 5.22. The monoisotopic (exact) mass is 345 g/mol. The van der Waals surface area contributed by atoms with Crippen molar-refractivity contribution in [3.8, 4) is 0 Å². The van der Waals surface area contributed by atoms with Crippen molar-refractivity contribution in [2.75, 3.05) is 5.75 Å². The molecular formula is C14H19NO3S3. The van der Waals surface area contributed by atoms with Crippen molar-refractivity contribution >= 4 is 32.7 Å². The van der Waals surface area contributed by atoms with Crippen LogP contribution in [0, 0.1) is 5.92 Å². The number of aliphatic hydroxyl groups is 1. The third-order valence-corrected chi connectivity index (χ3v) is 6.54. The minimum atomic E-state index is -3.24. The SMILES string of the molecule is CC(C)CS(=O)(=O)NCc1ccc(C(O)c2cccs2)s1. The van der Waals surface area contributed by atoms with Gasteiger partial charge in [0.15, 0.2) is 0 Å². The van der Waals surface area contributed by atoms with E-state index >= 15 is 0 Å². The summed E-state index contributed by atoms with van der Waals surface area (Å²) in [6.07, 6.45) is -0.629. The molecule has 1 unspecified atom stereocenters. The molecule has 2 rings (SSSR count). The number of sulfonamides is 1. The van der Waals surface area contributed by atoms with Gasteiger partial charge in [0, 0.05) is 21.2 Å². The van der Waals surface area contributed by atoms with E-state index in [1.807, 2.05) is 43.5 Å². The first-order chi connectivity index (χ1) is 9.87. The lowest BCUT2D eigenvalue weighted by atomic mass is 10.2. The molecule has 116 valence electrons. The zero-order valence-corrected chi connectivity index (χ0v) is 14.4. The maximum Gasteiger partial charge on any atom is 0.212 e. The molecule has 2 aromatic rings. The Morgan fingerprint density at radius 3 is 2.62 bits per heavy atom. The fourth-order valence-corrected chi connectivity index (χ4v) is 5.12. The molecule has 2 aromatic heterocycles. The highest BCUT2D eigenvalue weighted by Gasteiger charge is 2.16. The standard InChI is InChI=1S/C14H19NO3S3/c1-10(2)9-21(17,18)15-8-11-5-6-13(20-11)14(16)12-4-3-7-19-12/h3-7,10,14-16H,8-9H2,1-2H3. The number of thiophene rings is 2. The summed E-state index contributed by atoms with van der Waals surface area (Å²) in [6, 6.07) is 7.49. The van der Waals surface area contributed by atoms with Crippen molar-refractivity contribution in [2.24, 2.45) is 5.92 Å². The smallest absolute Gasteiger partial charge is 0.212 e. The van der Waals surface area contributed by atoms with Crippen molar-refractivity contribution in [2.45, 2.75) is 26.5 Å². The highest BCUT2D eigenvalue weighted by atomic mass is 32.2. The van der Waals surface area contributed by atoms with Gasteiger partial charge < -0.3 is 5.11 Å². The minimum Gasteiger partial charge on any atom is -0.382 e. The van der Waals surface area contributed by atoms with Crippen molar-refractivity contribution in [1.82, 2.24) is 4.72 Å². The zero-order valence-electron chi connectivity index (χ0n) is 11.9. The first-order valence-electron chi connectivity index (χ1n) is 6.65. The van der Waals surface area contributed by atoms with Gasteiger partial charge in [-0.15, -0.1) is 22.7 Å². The molecule has 0 aliphatic rings. The maximum absolute atomic E-state index is 11.8. The summed E-state index contributed by atoms with van der Waals surface area (Å²) in [5, 5.41) is 12.1. The Balaban J connectivity index is 1.98. The Morgan fingerprint density at radius 2 is 2.00 bits per heavy atom. The Kier molecular flexibility index (Phi) is 5.56. The molecule has 0 aliphatic carbocycles. The van der Waals surface area contributed by atoms with Crippen LogP contribution in [0.15, 0.2) is 29.6 Å². The molecule has 0 saturated carbocycles. The molecule has 0 saturated heterocycles. The topological polar surface area (TPSA) is 66.4 Å². The minimum absolute atomic E-state index is 0.0991.